The fourth-order valence-electron chi connectivity index (χ4n) is 1.88. The van der Waals surface area contributed by atoms with E-state index in [2.05, 4.69) is 5.32 Å². The number of rotatable bonds is 6. The maximum atomic E-state index is 12.5. The smallest absolute Gasteiger partial charge is 0.325 e. The van der Waals surface area contributed by atoms with Crippen LogP contribution < -0.4 is 5.32 Å². The molecule has 0 spiro atoms. The Morgan fingerprint density at radius 1 is 1.10 bits per heavy atom. The van der Waals surface area contributed by atoms with E-state index in [0.29, 0.717) is 18.8 Å². The molecule has 0 radical (unpaired) electrons. The lowest BCUT2D eigenvalue weighted by molar-refractivity contribution is -0.137. The lowest BCUT2D eigenvalue weighted by Crippen LogP contribution is -2.36. The van der Waals surface area contributed by atoms with Crippen molar-refractivity contribution in [3.8, 4) is 0 Å². The third-order valence-corrected chi connectivity index (χ3v) is 3.03. The van der Waals surface area contributed by atoms with Gasteiger partial charge in [0.15, 0.2) is 0 Å². The molecule has 0 aliphatic heterocycles. The van der Waals surface area contributed by atoms with Crippen LogP contribution in [0.25, 0.3) is 0 Å². The molecule has 118 valence electrons. The first-order valence-electron chi connectivity index (χ1n) is 7.11. The summed E-state index contributed by atoms with van der Waals surface area (Å²) in [7, 11) is 0. The van der Waals surface area contributed by atoms with Gasteiger partial charge in [-0.1, -0.05) is 20.3 Å². The van der Waals surface area contributed by atoms with E-state index in [9.17, 15) is 18.0 Å². The highest BCUT2D eigenvalue weighted by Crippen LogP contribution is 2.29. The van der Waals surface area contributed by atoms with Crippen LogP contribution in [-0.2, 0) is 6.18 Å². The molecule has 0 heterocycles. The van der Waals surface area contributed by atoms with Crippen molar-refractivity contribution >= 4 is 11.7 Å². The molecular formula is C15H21F3N2O. The van der Waals surface area contributed by atoms with E-state index in [1.807, 2.05) is 13.8 Å². The topological polar surface area (TPSA) is 32.3 Å². The Labute approximate surface area is 123 Å². The van der Waals surface area contributed by atoms with Gasteiger partial charge in [-0.05, 0) is 37.1 Å². The molecule has 6 heteroatoms. The summed E-state index contributed by atoms with van der Waals surface area (Å²) in [4.78, 5) is 13.8. The molecule has 0 saturated carbocycles. The molecule has 1 rings (SSSR count). The lowest BCUT2D eigenvalue weighted by atomic mass is 10.2. The van der Waals surface area contributed by atoms with Gasteiger partial charge in [-0.3, -0.25) is 0 Å². The quantitative estimate of drug-likeness (QED) is 0.808. The van der Waals surface area contributed by atoms with Gasteiger partial charge in [0.25, 0.3) is 0 Å². The van der Waals surface area contributed by atoms with E-state index in [1.165, 1.54) is 12.1 Å². The van der Waals surface area contributed by atoms with Crippen LogP contribution in [0.3, 0.4) is 0 Å². The minimum atomic E-state index is -4.36. The summed E-state index contributed by atoms with van der Waals surface area (Å²) in [5, 5.41) is 2.63. The number of urea groups is 1. The Balaban J connectivity index is 2.67. The second-order valence-corrected chi connectivity index (χ2v) is 4.85. The van der Waals surface area contributed by atoms with Crippen molar-refractivity contribution in [2.75, 3.05) is 18.4 Å². The molecule has 1 N–H and O–H groups in total. The molecule has 0 unspecified atom stereocenters. The number of halogens is 3. The van der Waals surface area contributed by atoms with Crippen LogP contribution in [0.4, 0.5) is 23.7 Å². The highest BCUT2D eigenvalue weighted by Gasteiger charge is 2.30. The second-order valence-electron chi connectivity index (χ2n) is 4.85. The predicted molar refractivity (Wildman–Crippen MR) is 77.2 cm³/mol. The maximum absolute atomic E-state index is 12.5. The summed E-state index contributed by atoms with van der Waals surface area (Å²) in [5.74, 6) is 0. The predicted octanol–water partition coefficient (Wildman–Crippen LogP) is 4.75. The summed E-state index contributed by atoms with van der Waals surface area (Å²) in [5.41, 5.74) is -0.359. The van der Waals surface area contributed by atoms with Gasteiger partial charge in [0.1, 0.15) is 0 Å². The molecule has 0 bridgehead atoms. The molecule has 0 aliphatic carbocycles. The number of carbonyl (C=O) groups excluding carboxylic acids is 1. The fraction of sp³-hybridized carbons (Fsp3) is 0.533. The first kappa shape index (κ1) is 17.3. The van der Waals surface area contributed by atoms with Gasteiger partial charge in [0.2, 0.25) is 0 Å². The van der Waals surface area contributed by atoms with E-state index >= 15 is 0 Å². The van der Waals surface area contributed by atoms with Gasteiger partial charge in [0.05, 0.1) is 5.56 Å². The number of nitrogens with one attached hydrogen (secondary N) is 1. The molecule has 1 aromatic rings. The number of hydrogen-bond acceptors (Lipinski definition) is 1. The Morgan fingerprint density at radius 3 is 2.19 bits per heavy atom. The highest BCUT2D eigenvalue weighted by atomic mass is 19.4. The van der Waals surface area contributed by atoms with Crippen LogP contribution in [0.1, 0.15) is 38.7 Å². The zero-order valence-electron chi connectivity index (χ0n) is 12.3. The summed E-state index contributed by atoms with van der Waals surface area (Å²) >= 11 is 0. The monoisotopic (exact) mass is 302 g/mol. The van der Waals surface area contributed by atoms with Gasteiger partial charge in [-0.15, -0.1) is 0 Å². The normalized spacial score (nSPS) is 11.3. The summed E-state index contributed by atoms with van der Waals surface area (Å²) < 4.78 is 37.4. The number of benzene rings is 1. The molecular weight excluding hydrogens is 281 g/mol. The van der Waals surface area contributed by atoms with Crippen molar-refractivity contribution in [1.82, 2.24) is 4.90 Å². The maximum Gasteiger partial charge on any atom is 0.416 e. The molecule has 0 fully saturated rings. The van der Waals surface area contributed by atoms with Crippen LogP contribution in [0.2, 0.25) is 0 Å². The molecule has 1 aromatic carbocycles. The lowest BCUT2D eigenvalue weighted by Gasteiger charge is -2.22. The number of amides is 2. The number of hydrogen-bond donors (Lipinski definition) is 1. The molecule has 21 heavy (non-hydrogen) atoms. The molecule has 0 aromatic heterocycles. The number of carbonyl (C=O) groups is 1. The molecule has 0 atom stereocenters. The Morgan fingerprint density at radius 2 is 1.71 bits per heavy atom. The van der Waals surface area contributed by atoms with E-state index in [4.69, 9.17) is 0 Å². The standard InChI is InChI=1S/C15H21F3N2O/c1-3-5-11-20(10-4-2)14(21)19-13-8-6-12(7-9-13)15(16,17)18/h6-9H,3-5,10-11H2,1-2H3,(H,19,21). The third-order valence-electron chi connectivity index (χ3n) is 3.03. The van der Waals surface area contributed by atoms with Crippen LogP contribution in [0, 0.1) is 0 Å². The van der Waals surface area contributed by atoms with Crippen molar-refractivity contribution in [3.05, 3.63) is 29.8 Å². The van der Waals surface area contributed by atoms with Crippen LogP contribution in [0.5, 0.6) is 0 Å². The van der Waals surface area contributed by atoms with E-state index in [0.717, 1.165) is 31.4 Å². The van der Waals surface area contributed by atoms with Gasteiger partial charge >= 0.3 is 12.2 Å². The summed E-state index contributed by atoms with van der Waals surface area (Å²) in [6.45, 7) is 5.30. The van der Waals surface area contributed by atoms with Crippen molar-refractivity contribution in [1.29, 1.82) is 0 Å². The zero-order valence-corrected chi connectivity index (χ0v) is 12.3. The highest BCUT2D eigenvalue weighted by molar-refractivity contribution is 5.89. The van der Waals surface area contributed by atoms with Crippen molar-refractivity contribution < 1.29 is 18.0 Å². The molecule has 0 aliphatic rings. The first-order valence-corrected chi connectivity index (χ1v) is 7.11. The Kier molecular flexibility index (Phi) is 6.52. The minimum absolute atomic E-state index is 0.273. The minimum Gasteiger partial charge on any atom is -0.325 e. The van der Waals surface area contributed by atoms with Gasteiger partial charge in [0, 0.05) is 18.8 Å². The number of nitrogens with zero attached hydrogens (tertiary/aromatic N) is 1. The average molecular weight is 302 g/mol. The molecule has 2 amide bonds. The average Bonchev–Trinajstić information content (AvgIpc) is 2.43. The number of unbranched alkanes of at least 4 members (excludes halogenated alkanes) is 1. The molecule has 3 nitrogen and oxygen atoms in total. The van der Waals surface area contributed by atoms with Gasteiger partial charge in [-0.25, -0.2) is 4.79 Å². The fourth-order valence-corrected chi connectivity index (χ4v) is 1.88. The number of alkyl halides is 3. The Bertz CT molecular complexity index is 443. The zero-order chi connectivity index (χ0) is 15.9. The largest absolute Gasteiger partial charge is 0.416 e. The van der Waals surface area contributed by atoms with Crippen molar-refractivity contribution in [2.45, 2.75) is 39.3 Å². The van der Waals surface area contributed by atoms with Crippen LogP contribution in [-0.4, -0.2) is 24.0 Å². The second kappa shape index (κ2) is 7.90. The SMILES string of the molecule is CCCCN(CCC)C(=O)Nc1ccc(C(F)(F)F)cc1. The summed E-state index contributed by atoms with van der Waals surface area (Å²) in [6.07, 6.45) is -1.64. The van der Waals surface area contributed by atoms with E-state index in [-0.39, 0.29) is 6.03 Å². The van der Waals surface area contributed by atoms with Crippen molar-refractivity contribution in [2.24, 2.45) is 0 Å². The molecule has 0 saturated heterocycles. The first-order chi connectivity index (χ1) is 9.88. The number of anilines is 1. The van der Waals surface area contributed by atoms with Gasteiger partial charge < -0.3 is 10.2 Å². The van der Waals surface area contributed by atoms with Crippen molar-refractivity contribution in [3.63, 3.8) is 0 Å². The third kappa shape index (κ3) is 5.65. The summed E-state index contributed by atoms with van der Waals surface area (Å²) in [6, 6.07) is 4.19. The van der Waals surface area contributed by atoms with Crippen LogP contribution in [0.15, 0.2) is 24.3 Å². The van der Waals surface area contributed by atoms with E-state index < -0.39 is 11.7 Å². The van der Waals surface area contributed by atoms with E-state index in [1.54, 1.807) is 4.90 Å². The van der Waals surface area contributed by atoms with Crippen LogP contribution >= 0.6 is 0 Å². The Hall–Kier alpha value is -1.72. The van der Waals surface area contributed by atoms with Gasteiger partial charge in [-0.2, -0.15) is 13.2 Å².